The molecule has 0 atom stereocenters. The molecule has 0 aliphatic carbocycles. The third-order valence-corrected chi connectivity index (χ3v) is 4.79. The van der Waals surface area contributed by atoms with Crippen LogP contribution in [0.4, 0.5) is 13.2 Å². The summed E-state index contributed by atoms with van der Waals surface area (Å²) in [6, 6.07) is 9.95. The molecular weight excluding hydrogens is 425 g/mol. The number of hydrazone groups is 1. The van der Waals surface area contributed by atoms with Crippen LogP contribution in [-0.2, 0) is 10.0 Å². The van der Waals surface area contributed by atoms with E-state index in [9.17, 15) is 21.6 Å². The standard InChI is InChI=1S/C15H12BrF3N2O3S/c1-10-2-5-12(6-3-10)25(22,23)21-20-9-11-4-7-13(16)14(8-11)24-15(17,18)19/h2-9,21H,1H3. The normalized spacial score (nSPS) is 12.4. The lowest BCUT2D eigenvalue weighted by atomic mass is 10.2. The lowest BCUT2D eigenvalue weighted by Gasteiger charge is -2.10. The van der Waals surface area contributed by atoms with E-state index in [0.29, 0.717) is 0 Å². The largest absolute Gasteiger partial charge is 0.573 e. The third kappa shape index (κ3) is 5.75. The van der Waals surface area contributed by atoms with Crippen LogP contribution >= 0.6 is 15.9 Å². The Hall–Kier alpha value is -2.07. The average molecular weight is 437 g/mol. The molecule has 0 aliphatic heterocycles. The second-order valence-corrected chi connectivity index (χ2v) is 7.42. The molecule has 0 amide bonds. The highest BCUT2D eigenvalue weighted by molar-refractivity contribution is 9.10. The minimum absolute atomic E-state index is 0.0205. The van der Waals surface area contributed by atoms with Crippen molar-refractivity contribution in [1.82, 2.24) is 4.83 Å². The van der Waals surface area contributed by atoms with E-state index < -0.39 is 22.1 Å². The second-order valence-electron chi connectivity index (χ2n) is 4.90. The number of hydrogen-bond donors (Lipinski definition) is 1. The smallest absolute Gasteiger partial charge is 0.405 e. The molecule has 0 spiro atoms. The van der Waals surface area contributed by atoms with Crippen molar-refractivity contribution in [2.45, 2.75) is 18.2 Å². The zero-order valence-corrected chi connectivity index (χ0v) is 15.1. The van der Waals surface area contributed by atoms with Crippen molar-refractivity contribution >= 4 is 32.2 Å². The summed E-state index contributed by atoms with van der Waals surface area (Å²) < 4.78 is 65.0. The molecule has 0 aromatic heterocycles. The highest BCUT2D eigenvalue weighted by atomic mass is 79.9. The predicted molar refractivity (Wildman–Crippen MR) is 89.9 cm³/mol. The van der Waals surface area contributed by atoms with Crippen LogP contribution < -0.4 is 9.57 Å². The number of alkyl halides is 3. The maximum absolute atomic E-state index is 12.3. The van der Waals surface area contributed by atoms with Gasteiger partial charge < -0.3 is 4.74 Å². The van der Waals surface area contributed by atoms with E-state index in [2.05, 4.69) is 25.8 Å². The molecule has 0 heterocycles. The van der Waals surface area contributed by atoms with Gasteiger partial charge in [-0.1, -0.05) is 23.8 Å². The minimum Gasteiger partial charge on any atom is -0.405 e. The number of halogens is 4. The Morgan fingerprint density at radius 1 is 1.16 bits per heavy atom. The average Bonchev–Trinajstić information content (AvgIpc) is 2.49. The topological polar surface area (TPSA) is 67.8 Å². The molecule has 25 heavy (non-hydrogen) atoms. The van der Waals surface area contributed by atoms with Gasteiger partial charge >= 0.3 is 6.36 Å². The number of nitrogens with one attached hydrogen (secondary N) is 1. The van der Waals surface area contributed by atoms with Crippen LogP contribution in [0.3, 0.4) is 0 Å². The summed E-state index contributed by atoms with van der Waals surface area (Å²) in [6.07, 6.45) is -3.77. The Kier molecular flexibility index (Phi) is 5.73. The molecule has 2 aromatic rings. The first-order chi connectivity index (χ1) is 11.6. The Labute approximate surface area is 150 Å². The number of aryl methyl sites for hydroxylation is 1. The van der Waals surface area contributed by atoms with E-state index in [1.54, 1.807) is 12.1 Å². The molecule has 134 valence electrons. The lowest BCUT2D eigenvalue weighted by molar-refractivity contribution is -0.274. The monoisotopic (exact) mass is 436 g/mol. The van der Waals surface area contributed by atoms with Gasteiger partial charge in [-0.2, -0.15) is 13.5 Å². The highest BCUT2D eigenvalue weighted by Gasteiger charge is 2.32. The molecular formula is C15H12BrF3N2O3S. The molecule has 0 unspecified atom stereocenters. The summed E-state index contributed by atoms with van der Waals surface area (Å²) in [7, 11) is -3.86. The fourth-order valence-electron chi connectivity index (χ4n) is 1.74. The minimum atomic E-state index is -4.84. The zero-order valence-electron chi connectivity index (χ0n) is 12.7. The quantitative estimate of drug-likeness (QED) is 0.569. The van der Waals surface area contributed by atoms with E-state index in [-0.39, 0.29) is 14.9 Å². The summed E-state index contributed by atoms with van der Waals surface area (Å²) >= 11 is 2.94. The SMILES string of the molecule is Cc1ccc(S(=O)(=O)NN=Cc2ccc(Br)c(OC(F)(F)F)c2)cc1. The van der Waals surface area contributed by atoms with Gasteiger partial charge in [0.25, 0.3) is 10.0 Å². The number of nitrogens with zero attached hydrogens (tertiary/aromatic N) is 1. The molecule has 0 aliphatic rings. The van der Waals surface area contributed by atoms with Crippen molar-refractivity contribution in [2.75, 3.05) is 0 Å². The second kappa shape index (κ2) is 7.44. The molecule has 0 saturated carbocycles. The molecule has 2 aromatic carbocycles. The van der Waals surface area contributed by atoms with Gasteiger partial charge in [0.1, 0.15) is 5.75 Å². The molecule has 10 heteroatoms. The highest BCUT2D eigenvalue weighted by Crippen LogP contribution is 2.30. The first-order valence-corrected chi connectivity index (χ1v) is 9.01. The van der Waals surface area contributed by atoms with Gasteiger partial charge in [-0.3, -0.25) is 0 Å². The van der Waals surface area contributed by atoms with Crippen LogP contribution in [0.5, 0.6) is 5.75 Å². The molecule has 1 N–H and O–H groups in total. The molecule has 2 rings (SSSR count). The van der Waals surface area contributed by atoms with Crippen LogP contribution in [0.15, 0.2) is 56.9 Å². The van der Waals surface area contributed by atoms with Crippen molar-refractivity contribution < 1.29 is 26.3 Å². The molecule has 0 saturated heterocycles. The number of rotatable bonds is 5. The maximum Gasteiger partial charge on any atom is 0.573 e. The van der Waals surface area contributed by atoms with Crippen LogP contribution in [-0.4, -0.2) is 21.0 Å². The Balaban J connectivity index is 2.14. The van der Waals surface area contributed by atoms with Crippen molar-refractivity contribution in [3.05, 3.63) is 58.1 Å². The molecule has 0 bridgehead atoms. The summed E-state index contributed by atoms with van der Waals surface area (Å²) in [5.41, 5.74) is 1.11. The van der Waals surface area contributed by atoms with Gasteiger partial charge in [-0.25, -0.2) is 4.83 Å². The van der Waals surface area contributed by atoms with Gasteiger partial charge in [0, 0.05) is 0 Å². The fourth-order valence-corrected chi connectivity index (χ4v) is 2.86. The van der Waals surface area contributed by atoms with E-state index in [4.69, 9.17) is 0 Å². The first kappa shape index (κ1) is 19.3. The predicted octanol–water partition coefficient (Wildman–Crippen LogP) is 3.97. The van der Waals surface area contributed by atoms with Crippen LogP contribution in [0.25, 0.3) is 0 Å². The molecule has 5 nitrogen and oxygen atoms in total. The van der Waals surface area contributed by atoms with Gasteiger partial charge in [0.15, 0.2) is 0 Å². The van der Waals surface area contributed by atoms with Crippen molar-refractivity contribution in [1.29, 1.82) is 0 Å². The van der Waals surface area contributed by atoms with Gasteiger partial charge in [0.05, 0.1) is 15.6 Å². The summed E-state index contributed by atoms with van der Waals surface area (Å²) in [5.74, 6) is -0.460. The Morgan fingerprint density at radius 3 is 2.40 bits per heavy atom. The molecule has 0 fully saturated rings. The van der Waals surface area contributed by atoms with Crippen molar-refractivity contribution in [3.8, 4) is 5.75 Å². The van der Waals surface area contributed by atoms with Crippen LogP contribution in [0.2, 0.25) is 0 Å². The lowest BCUT2D eigenvalue weighted by Crippen LogP contribution is -2.18. The first-order valence-electron chi connectivity index (χ1n) is 6.74. The van der Waals surface area contributed by atoms with E-state index >= 15 is 0 Å². The van der Waals surface area contributed by atoms with E-state index in [1.807, 2.05) is 11.8 Å². The summed E-state index contributed by atoms with van der Waals surface area (Å²) in [5, 5.41) is 3.56. The van der Waals surface area contributed by atoms with Gasteiger partial charge in [-0.05, 0) is 52.7 Å². The maximum atomic E-state index is 12.3. The fraction of sp³-hybridized carbons (Fsp3) is 0.133. The van der Waals surface area contributed by atoms with Gasteiger partial charge in [0.2, 0.25) is 0 Å². The van der Waals surface area contributed by atoms with Crippen molar-refractivity contribution in [3.63, 3.8) is 0 Å². The van der Waals surface area contributed by atoms with E-state index in [0.717, 1.165) is 17.8 Å². The number of benzene rings is 2. The van der Waals surface area contributed by atoms with Crippen molar-refractivity contribution in [2.24, 2.45) is 5.10 Å². The van der Waals surface area contributed by atoms with E-state index in [1.165, 1.54) is 24.3 Å². The summed E-state index contributed by atoms with van der Waals surface area (Å²) in [6.45, 7) is 1.82. The summed E-state index contributed by atoms with van der Waals surface area (Å²) in [4.78, 5) is 2.01. The zero-order chi connectivity index (χ0) is 18.7. The van der Waals surface area contributed by atoms with Crippen LogP contribution in [0.1, 0.15) is 11.1 Å². The van der Waals surface area contributed by atoms with Gasteiger partial charge in [-0.15, -0.1) is 13.2 Å². The number of sulfonamides is 1. The number of hydrogen-bond acceptors (Lipinski definition) is 4. The molecule has 0 radical (unpaired) electrons. The Morgan fingerprint density at radius 2 is 1.80 bits per heavy atom. The third-order valence-electron chi connectivity index (χ3n) is 2.90. The number of ether oxygens (including phenoxy) is 1. The Bertz CT molecular complexity index is 882. The van der Waals surface area contributed by atoms with Crippen LogP contribution in [0, 0.1) is 6.92 Å².